The van der Waals surface area contributed by atoms with Gasteiger partial charge in [0, 0.05) is 11.4 Å². The van der Waals surface area contributed by atoms with Gasteiger partial charge in [0.15, 0.2) is 5.75 Å². The Morgan fingerprint density at radius 3 is 2.63 bits per heavy atom. The fraction of sp³-hybridized carbons (Fsp3) is 0.400. The van der Waals surface area contributed by atoms with E-state index < -0.39 is 24.0 Å². The average molecular weight is 344 g/mol. The van der Waals surface area contributed by atoms with Gasteiger partial charge in [-0.15, -0.1) is 13.2 Å². The van der Waals surface area contributed by atoms with E-state index in [1.807, 2.05) is 0 Å². The molecule has 0 saturated carbocycles. The second-order valence-corrected chi connectivity index (χ2v) is 3.77. The van der Waals surface area contributed by atoms with Crippen molar-refractivity contribution in [1.29, 1.82) is 0 Å². The van der Waals surface area contributed by atoms with Gasteiger partial charge in [-0.25, -0.2) is 9.78 Å². The molecule has 0 aliphatic rings. The summed E-state index contributed by atoms with van der Waals surface area (Å²) in [5.74, 6) is -2.71. The maximum Gasteiger partial charge on any atom is 0.574 e. The summed E-state index contributed by atoms with van der Waals surface area (Å²) in [5, 5.41) is 9.38. The quantitative estimate of drug-likeness (QED) is 0.672. The van der Waals surface area contributed by atoms with E-state index in [4.69, 9.17) is 4.74 Å². The number of hydrogen-bond acceptors (Lipinski definition) is 5. The average Bonchev–Trinajstić information content (AvgIpc) is 2.29. The maximum absolute atomic E-state index is 12.1. The van der Waals surface area contributed by atoms with Gasteiger partial charge < -0.3 is 14.6 Å². The second kappa shape index (κ2) is 6.09. The normalized spacial score (nSPS) is 11.2. The third-order valence-corrected chi connectivity index (χ3v) is 2.41. The van der Waals surface area contributed by atoms with Gasteiger partial charge in [0.1, 0.15) is 0 Å². The molecule has 1 aromatic rings. The Kier molecular flexibility index (Phi) is 4.98. The first kappa shape index (κ1) is 15.5. The predicted octanol–water partition coefficient (Wildman–Crippen LogP) is 2.76. The number of pyridine rings is 1. The van der Waals surface area contributed by atoms with Crippen molar-refractivity contribution < 1.29 is 32.5 Å². The third-order valence-electron chi connectivity index (χ3n) is 1.88. The third kappa shape index (κ3) is 4.27. The standard InChI is InChI=1S/C10H9BrF3NO4/c1-2-18-9(17)5-3-7(16)8(15-6(5)4-11)19-10(12,13)14/h3,16H,2,4H2,1H3. The van der Waals surface area contributed by atoms with E-state index in [2.05, 4.69) is 25.7 Å². The number of ether oxygens (including phenoxy) is 2. The zero-order chi connectivity index (χ0) is 14.6. The molecule has 0 amide bonds. The molecule has 0 radical (unpaired) electrons. The van der Waals surface area contributed by atoms with Crippen molar-refractivity contribution in [2.45, 2.75) is 18.6 Å². The van der Waals surface area contributed by atoms with Crippen LogP contribution in [0.4, 0.5) is 13.2 Å². The lowest BCUT2D eigenvalue weighted by Crippen LogP contribution is -2.19. The molecule has 9 heteroatoms. The number of carbonyl (C=O) groups is 1. The lowest BCUT2D eigenvalue weighted by atomic mass is 10.2. The van der Waals surface area contributed by atoms with E-state index in [0.29, 0.717) is 0 Å². The molecule has 0 aliphatic carbocycles. The number of halogens is 4. The Hall–Kier alpha value is -1.51. The van der Waals surface area contributed by atoms with Gasteiger partial charge in [-0.3, -0.25) is 0 Å². The number of alkyl halides is 4. The monoisotopic (exact) mass is 343 g/mol. The Bertz CT molecular complexity index is 479. The fourth-order valence-electron chi connectivity index (χ4n) is 1.19. The van der Waals surface area contributed by atoms with Crippen LogP contribution >= 0.6 is 15.9 Å². The number of aromatic hydroxyl groups is 1. The Morgan fingerprint density at radius 1 is 1.53 bits per heavy atom. The summed E-state index contributed by atoms with van der Waals surface area (Å²) >= 11 is 2.98. The van der Waals surface area contributed by atoms with Crippen molar-refractivity contribution in [2.24, 2.45) is 0 Å². The van der Waals surface area contributed by atoms with Crippen LogP contribution in [0.2, 0.25) is 0 Å². The molecule has 1 rings (SSSR count). The summed E-state index contributed by atoms with van der Waals surface area (Å²) in [5.41, 5.74) is -0.166. The van der Waals surface area contributed by atoms with Crippen LogP contribution in [0.3, 0.4) is 0 Å². The van der Waals surface area contributed by atoms with Crippen LogP contribution in [-0.2, 0) is 10.1 Å². The van der Waals surface area contributed by atoms with Gasteiger partial charge in [-0.2, -0.15) is 0 Å². The summed E-state index contributed by atoms with van der Waals surface area (Å²) < 4.78 is 44.4. The number of esters is 1. The van der Waals surface area contributed by atoms with Gasteiger partial charge in [0.2, 0.25) is 0 Å². The number of carbonyl (C=O) groups excluding carboxylic acids is 1. The second-order valence-electron chi connectivity index (χ2n) is 3.21. The highest BCUT2D eigenvalue weighted by atomic mass is 79.9. The van der Waals surface area contributed by atoms with Crippen LogP contribution in [0.1, 0.15) is 23.0 Å². The van der Waals surface area contributed by atoms with Crippen molar-refractivity contribution in [3.63, 3.8) is 0 Å². The summed E-state index contributed by atoms with van der Waals surface area (Å²) in [6.45, 7) is 1.66. The lowest BCUT2D eigenvalue weighted by Gasteiger charge is -2.12. The summed E-state index contributed by atoms with van der Waals surface area (Å²) in [7, 11) is 0. The molecule has 0 fully saturated rings. The van der Waals surface area contributed by atoms with Gasteiger partial charge in [0.25, 0.3) is 5.88 Å². The van der Waals surface area contributed by atoms with E-state index in [9.17, 15) is 23.1 Å². The number of nitrogens with zero attached hydrogens (tertiary/aromatic N) is 1. The molecular formula is C10H9BrF3NO4. The molecule has 0 saturated heterocycles. The first-order valence-corrected chi connectivity index (χ1v) is 6.12. The van der Waals surface area contributed by atoms with Crippen molar-refractivity contribution in [2.75, 3.05) is 6.61 Å². The first-order chi connectivity index (χ1) is 8.78. The molecule has 1 heterocycles. The Labute approximate surface area is 114 Å². The first-order valence-electron chi connectivity index (χ1n) is 5.00. The minimum Gasteiger partial charge on any atom is -0.503 e. The van der Waals surface area contributed by atoms with Crippen molar-refractivity contribution in [3.05, 3.63) is 17.3 Å². The van der Waals surface area contributed by atoms with Crippen LogP contribution in [0.25, 0.3) is 0 Å². The van der Waals surface area contributed by atoms with E-state index >= 15 is 0 Å². The molecule has 0 unspecified atom stereocenters. The summed E-state index contributed by atoms with van der Waals surface area (Å²) in [6.07, 6.45) is -4.99. The minimum absolute atomic E-state index is 0.00432. The van der Waals surface area contributed by atoms with Gasteiger partial charge in [-0.05, 0) is 6.92 Å². The molecule has 0 atom stereocenters. The molecule has 0 aromatic carbocycles. The highest BCUT2D eigenvalue weighted by Crippen LogP contribution is 2.31. The van der Waals surface area contributed by atoms with Crippen LogP contribution in [0, 0.1) is 0 Å². The number of hydrogen-bond donors (Lipinski definition) is 1. The topological polar surface area (TPSA) is 68.7 Å². The lowest BCUT2D eigenvalue weighted by molar-refractivity contribution is -0.276. The van der Waals surface area contributed by atoms with E-state index in [0.717, 1.165) is 6.07 Å². The van der Waals surface area contributed by atoms with Crippen LogP contribution in [0.15, 0.2) is 6.07 Å². The molecule has 5 nitrogen and oxygen atoms in total. The highest BCUT2D eigenvalue weighted by Gasteiger charge is 2.34. The molecule has 1 aromatic heterocycles. The molecule has 106 valence electrons. The zero-order valence-electron chi connectivity index (χ0n) is 9.62. The maximum atomic E-state index is 12.1. The SMILES string of the molecule is CCOC(=O)c1cc(O)c(OC(F)(F)F)nc1CBr. The molecular weight excluding hydrogens is 335 g/mol. The van der Waals surface area contributed by atoms with E-state index in [1.165, 1.54) is 0 Å². The Balaban J connectivity index is 3.17. The molecule has 0 bridgehead atoms. The predicted molar refractivity (Wildman–Crippen MR) is 61.2 cm³/mol. The number of rotatable bonds is 4. The van der Waals surface area contributed by atoms with Gasteiger partial charge >= 0.3 is 12.3 Å². The van der Waals surface area contributed by atoms with Crippen molar-refractivity contribution in [3.8, 4) is 11.6 Å². The molecule has 0 spiro atoms. The summed E-state index contributed by atoms with van der Waals surface area (Å²) in [6, 6.07) is 0.822. The highest BCUT2D eigenvalue weighted by molar-refractivity contribution is 9.08. The van der Waals surface area contributed by atoms with Crippen molar-refractivity contribution >= 4 is 21.9 Å². The molecule has 1 N–H and O–H groups in total. The number of aromatic nitrogens is 1. The molecule has 0 aliphatic heterocycles. The largest absolute Gasteiger partial charge is 0.574 e. The Morgan fingerprint density at radius 2 is 2.16 bits per heavy atom. The molecule has 19 heavy (non-hydrogen) atoms. The van der Waals surface area contributed by atoms with Crippen LogP contribution < -0.4 is 4.74 Å². The van der Waals surface area contributed by atoms with Crippen LogP contribution in [0.5, 0.6) is 11.6 Å². The van der Waals surface area contributed by atoms with E-state index in [1.54, 1.807) is 6.92 Å². The van der Waals surface area contributed by atoms with E-state index in [-0.39, 0.29) is 23.2 Å². The smallest absolute Gasteiger partial charge is 0.503 e. The van der Waals surface area contributed by atoms with Gasteiger partial charge in [0.05, 0.1) is 17.9 Å². The minimum atomic E-state index is -4.99. The summed E-state index contributed by atoms with van der Waals surface area (Å²) in [4.78, 5) is 15.0. The van der Waals surface area contributed by atoms with Gasteiger partial charge in [-0.1, -0.05) is 15.9 Å². The van der Waals surface area contributed by atoms with Crippen LogP contribution in [-0.4, -0.2) is 29.0 Å². The van der Waals surface area contributed by atoms with Crippen molar-refractivity contribution in [1.82, 2.24) is 4.98 Å². The zero-order valence-corrected chi connectivity index (χ0v) is 11.2. The fourth-order valence-corrected chi connectivity index (χ4v) is 1.62.